The van der Waals surface area contributed by atoms with E-state index in [4.69, 9.17) is 14.5 Å². The van der Waals surface area contributed by atoms with Crippen LogP contribution in [0.3, 0.4) is 0 Å². The summed E-state index contributed by atoms with van der Waals surface area (Å²) in [5.74, 6) is 0.0171. The van der Waals surface area contributed by atoms with E-state index in [0.29, 0.717) is 6.42 Å². The molecule has 1 atom stereocenters. The van der Waals surface area contributed by atoms with Crippen LogP contribution in [0.25, 0.3) is 22.0 Å². The summed E-state index contributed by atoms with van der Waals surface area (Å²) in [7, 11) is 0. The van der Waals surface area contributed by atoms with Gasteiger partial charge in [-0.2, -0.15) is 5.10 Å². The quantitative estimate of drug-likeness (QED) is 0.281. The zero-order valence-corrected chi connectivity index (χ0v) is 20.2. The number of hydrogen-bond donors (Lipinski definition) is 0. The number of pyridine rings is 1. The average Bonchev–Trinajstić information content (AvgIpc) is 3.59. The van der Waals surface area contributed by atoms with Crippen LogP contribution in [0.1, 0.15) is 45.4 Å². The molecule has 0 saturated carbocycles. The number of carbonyl (C=O) groups is 1. The molecule has 0 fully saturated rings. The van der Waals surface area contributed by atoms with Crippen molar-refractivity contribution in [3.05, 3.63) is 125 Å². The van der Waals surface area contributed by atoms with Gasteiger partial charge in [-0.3, -0.25) is 9.78 Å². The number of hydrazone groups is 1. The van der Waals surface area contributed by atoms with E-state index in [1.165, 1.54) is 6.26 Å². The highest BCUT2D eigenvalue weighted by molar-refractivity contribution is 6.14. The SMILES string of the molecule is Cc1cccc([C@H]2CC(c3c(C)nc4ccccc4c3-c3ccccc3)=NN2C(=O)c2ccco2)c1. The van der Waals surface area contributed by atoms with Gasteiger partial charge in [-0.15, -0.1) is 0 Å². The largest absolute Gasteiger partial charge is 0.459 e. The minimum atomic E-state index is -0.255. The van der Waals surface area contributed by atoms with Crippen LogP contribution in [-0.2, 0) is 0 Å². The predicted molar refractivity (Wildman–Crippen MR) is 142 cm³/mol. The zero-order valence-electron chi connectivity index (χ0n) is 20.2. The summed E-state index contributed by atoms with van der Waals surface area (Å²) in [6, 6.07) is 29.9. The van der Waals surface area contributed by atoms with Crippen molar-refractivity contribution in [2.24, 2.45) is 5.10 Å². The summed E-state index contributed by atoms with van der Waals surface area (Å²) in [4.78, 5) is 18.5. The third kappa shape index (κ3) is 3.79. The van der Waals surface area contributed by atoms with Crippen LogP contribution >= 0.6 is 0 Å². The number of aryl methyl sites for hydroxylation is 2. The average molecular weight is 472 g/mol. The Kier molecular flexibility index (Phi) is 5.45. The highest BCUT2D eigenvalue weighted by Crippen LogP contribution is 2.40. The van der Waals surface area contributed by atoms with Gasteiger partial charge in [0.25, 0.3) is 0 Å². The van der Waals surface area contributed by atoms with Gasteiger partial charge in [0.1, 0.15) is 0 Å². The molecule has 5 nitrogen and oxygen atoms in total. The fraction of sp³-hybridized carbons (Fsp3) is 0.129. The molecule has 1 aliphatic heterocycles. The van der Waals surface area contributed by atoms with Crippen molar-refractivity contribution in [2.45, 2.75) is 26.3 Å². The van der Waals surface area contributed by atoms with Gasteiger partial charge in [0.15, 0.2) is 5.76 Å². The number of hydrogen-bond acceptors (Lipinski definition) is 4. The Labute approximate surface area is 209 Å². The first-order valence-electron chi connectivity index (χ1n) is 12.1. The van der Waals surface area contributed by atoms with E-state index in [0.717, 1.165) is 50.1 Å². The summed E-state index contributed by atoms with van der Waals surface area (Å²) >= 11 is 0. The second-order valence-electron chi connectivity index (χ2n) is 9.14. The Morgan fingerprint density at radius 2 is 1.69 bits per heavy atom. The van der Waals surface area contributed by atoms with Crippen molar-refractivity contribution < 1.29 is 9.21 Å². The molecule has 176 valence electrons. The number of para-hydroxylation sites is 1. The van der Waals surface area contributed by atoms with Gasteiger partial charge in [0, 0.05) is 28.6 Å². The standard InChI is InChI=1S/C31H25N3O2/c1-20-10-8-13-23(18-20)27-19-26(33-34(27)31(35)28-16-9-17-36-28)29-21(2)32-25-15-7-6-14-24(25)30(29)22-11-4-3-5-12-22/h3-18,27H,19H2,1-2H3/t27-/m1/s1. The number of fused-ring (bicyclic) bond motifs is 1. The minimum absolute atomic E-state index is 0.244. The third-order valence-electron chi connectivity index (χ3n) is 6.70. The Balaban J connectivity index is 1.56. The molecule has 0 unspecified atom stereocenters. The maximum Gasteiger partial charge on any atom is 0.310 e. The van der Waals surface area contributed by atoms with Crippen LogP contribution in [0.15, 0.2) is 107 Å². The van der Waals surface area contributed by atoms with E-state index < -0.39 is 0 Å². The number of benzene rings is 3. The molecule has 0 N–H and O–H groups in total. The summed E-state index contributed by atoms with van der Waals surface area (Å²) in [6.45, 7) is 4.08. The highest BCUT2D eigenvalue weighted by Gasteiger charge is 2.36. The van der Waals surface area contributed by atoms with Crippen LogP contribution in [0, 0.1) is 13.8 Å². The van der Waals surface area contributed by atoms with Crippen LogP contribution in [-0.4, -0.2) is 21.6 Å². The molecule has 1 aliphatic rings. The van der Waals surface area contributed by atoms with E-state index in [1.807, 2.05) is 49.4 Å². The molecule has 2 aromatic heterocycles. The molecule has 0 spiro atoms. The highest BCUT2D eigenvalue weighted by atomic mass is 16.3. The van der Waals surface area contributed by atoms with Crippen molar-refractivity contribution in [1.82, 2.24) is 9.99 Å². The Morgan fingerprint density at radius 1 is 0.889 bits per heavy atom. The number of carbonyl (C=O) groups excluding carboxylic acids is 1. The lowest BCUT2D eigenvalue weighted by Gasteiger charge is -2.21. The fourth-order valence-electron chi connectivity index (χ4n) is 5.09. The molecule has 0 aliphatic carbocycles. The molecular weight excluding hydrogens is 446 g/mol. The molecule has 0 saturated heterocycles. The summed E-state index contributed by atoms with van der Waals surface area (Å²) in [6.07, 6.45) is 2.09. The molecule has 5 heteroatoms. The molecule has 3 heterocycles. The van der Waals surface area contributed by atoms with Crippen molar-refractivity contribution in [1.29, 1.82) is 0 Å². The number of rotatable bonds is 4. The van der Waals surface area contributed by atoms with Gasteiger partial charge in [-0.05, 0) is 43.2 Å². The van der Waals surface area contributed by atoms with Gasteiger partial charge >= 0.3 is 5.91 Å². The van der Waals surface area contributed by atoms with Crippen LogP contribution in [0.2, 0.25) is 0 Å². The van der Waals surface area contributed by atoms with E-state index >= 15 is 0 Å². The van der Waals surface area contributed by atoms with E-state index in [-0.39, 0.29) is 17.7 Å². The Hall–Kier alpha value is -4.51. The smallest absolute Gasteiger partial charge is 0.310 e. The summed E-state index contributed by atoms with van der Waals surface area (Å²) < 4.78 is 5.46. The second-order valence-corrected chi connectivity index (χ2v) is 9.14. The molecule has 3 aromatic carbocycles. The molecule has 6 rings (SSSR count). The lowest BCUT2D eigenvalue weighted by Crippen LogP contribution is -2.26. The third-order valence-corrected chi connectivity index (χ3v) is 6.70. The number of furan rings is 1. The molecule has 36 heavy (non-hydrogen) atoms. The van der Waals surface area contributed by atoms with Gasteiger partial charge in [0.2, 0.25) is 0 Å². The van der Waals surface area contributed by atoms with E-state index in [9.17, 15) is 4.79 Å². The molecular formula is C31H25N3O2. The second kappa shape index (κ2) is 8.93. The summed E-state index contributed by atoms with van der Waals surface area (Å²) in [5.41, 5.74) is 8.02. The molecule has 1 amide bonds. The molecule has 5 aromatic rings. The number of nitrogens with zero attached hydrogens (tertiary/aromatic N) is 3. The lowest BCUT2D eigenvalue weighted by atomic mass is 9.89. The lowest BCUT2D eigenvalue weighted by molar-refractivity contribution is 0.0678. The zero-order chi connectivity index (χ0) is 24.6. The van der Waals surface area contributed by atoms with Crippen LogP contribution in [0.5, 0.6) is 0 Å². The number of aromatic nitrogens is 1. The number of amides is 1. The van der Waals surface area contributed by atoms with Gasteiger partial charge in [0.05, 0.1) is 23.5 Å². The van der Waals surface area contributed by atoms with Gasteiger partial charge < -0.3 is 4.42 Å². The summed E-state index contributed by atoms with van der Waals surface area (Å²) in [5, 5.41) is 7.60. The first kappa shape index (κ1) is 22.0. The van der Waals surface area contributed by atoms with E-state index in [1.54, 1.807) is 17.1 Å². The fourth-order valence-corrected chi connectivity index (χ4v) is 5.09. The normalized spacial score (nSPS) is 15.3. The molecule has 0 bridgehead atoms. The Morgan fingerprint density at radius 3 is 2.47 bits per heavy atom. The van der Waals surface area contributed by atoms with E-state index in [2.05, 4.69) is 43.3 Å². The molecule has 0 radical (unpaired) electrons. The van der Waals surface area contributed by atoms with Crippen molar-refractivity contribution in [3.63, 3.8) is 0 Å². The van der Waals surface area contributed by atoms with Crippen LogP contribution < -0.4 is 0 Å². The maximum absolute atomic E-state index is 13.5. The topological polar surface area (TPSA) is 58.7 Å². The maximum atomic E-state index is 13.5. The first-order chi connectivity index (χ1) is 17.6. The minimum Gasteiger partial charge on any atom is -0.459 e. The van der Waals surface area contributed by atoms with Crippen molar-refractivity contribution >= 4 is 22.5 Å². The predicted octanol–water partition coefficient (Wildman–Crippen LogP) is 7.10. The Bertz CT molecular complexity index is 1600. The first-order valence-corrected chi connectivity index (χ1v) is 12.1. The van der Waals surface area contributed by atoms with Crippen molar-refractivity contribution in [2.75, 3.05) is 0 Å². The van der Waals surface area contributed by atoms with Crippen molar-refractivity contribution in [3.8, 4) is 11.1 Å². The van der Waals surface area contributed by atoms with Crippen LogP contribution in [0.4, 0.5) is 0 Å². The van der Waals surface area contributed by atoms with Gasteiger partial charge in [-0.1, -0.05) is 78.4 Å². The van der Waals surface area contributed by atoms with Gasteiger partial charge in [-0.25, -0.2) is 5.01 Å². The monoisotopic (exact) mass is 471 g/mol.